The summed E-state index contributed by atoms with van der Waals surface area (Å²) >= 11 is 0. The first kappa shape index (κ1) is 16.1. The summed E-state index contributed by atoms with van der Waals surface area (Å²) in [5.41, 5.74) is 8.26. The van der Waals surface area contributed by atoms with Crippen molar-refractivity contribution in [3.63, 3.8) is 0 Å². The molecule has 0 aromatic heterocycles. The molecule has 1 nitrogen and oxygen atoms in total. The van der Waals surface area contributed by atoms with Gasteiger partial charge in [-0.15, -0.1) is 0 Å². The molecule has 0 amide bonds. The Hall–Kier alpha value is -1.37. The zero-order valence-corrected chi connectivity index (χ0v) is 16.2. The highest BCUT2D eigenvalue weighted by atomic mass is 14.9. The molecule has 0 saturated heterocycles. The van der Waals surface area contributed by atoms with Crippen molar-refractivity contribution >= 4 is 5.71 Å². The summed E-state index contributed by atoms with van der Waals surface area (Å²) in [4.78, 5) is 4.92. The second kappa shape index (κ2) is 4.84. The van der Waals surface area contributed by atoms with Crippen LogP contribution in [0, 0.1) is 6.92 Å². The maximum absolute atomic E-state index is 4.92. The maximum Gasteiger partial charge on any atom is 0.0783 e. The molecule has 1 unspecified atom stereocenters. The molecule has 1 heterocycles. The van der Waals surface area contributed by atoms with Crippen molar-refractivity contribution in [3.8, 4) is 0 Å². The van der Waals surface area contributed by atoms with Crippen LogP contribution >= 0.6 is 0 Å². The SMILES string of the molecule is CC1=NC(C2(c3cc4c(cc3C)C(C)(C)CCC4(C)C)CC2)C=C1. The number of hydrogen-bond donors (Lipinski definition) is 0. The molecular formula is C23H31N. The number of nitrogens with zero attached hydrogens (tertiary/aromatic N) is 1. The van der Waals surface area contributed by atoms with Crippen LogP contribution in [0.15, 0.2) is 29.3 Å². The highest BCUT2D eigenvalue weighted by Crippen LogP contribution is 2.56. The third-order valence-electron chi connectivity index (χ3n) is 6.95. The Kier molecular flexibility index (Phi) is 3.25. The van der Waals surface area contributed by atoms with Crippen LogP contribution in [0.4, 0.5) is 0 Å². The van der Waals surface area contributed by atoms with Gasteiger partial charge in [0.25, 0.3) is 0 Å². The average molecular weight is 322 g/mol. The molecule has 128 valence electrons. The van der Waals surface area contributed by atoms with E-state index in [4.69, 9.17) is 4.99 Å². The zero-order valence-electron chi connectivity index (χ0n) is 16.2. The monoisotopic (exact) mass is 321 g/mol. The van der Waals surface area contributed by atoms with Crippen LogP contribution in [0.5, 0.6) is 0 Å². The number of allylic oxidation sites excluding steroid dienone is 1. The molecule has 2 aliphatic carbocycles. The van der Waals surface area contributed by atoms with E-state index >= 15 is 0 Å². The normalized spacial score (nSPS) is 28.4. The van der Waals surface area contributed by atoms with Gasteiger partial charge in [-0.2, -0.15) is 0 Å². The van der Waals surface area contributed by atoms with Crippen molar-refractivity contribution < 1.29 is 0 Å². The van der Waals surface area contributed by atoms with E-state index in [2.05, 4.69) is 65.8 Å². The van der Waals surface area contributed by atoms with Gasteiger partial charge in [0.05, 0.1) is 6.04 Å². The summed E-state index contributed by atoms with van der Waals surface area (Å²) < 4.78 is 0. The number of benzene rings is 1. The minimum absolute atomic E-state index is 0.269. The van der Waals surface area contributed by atoms with Crippen LogP contribution in [-0.2, 0) is 16.2 Å². The highest BCUT2D eigenvalue weighted by Gasteiger charge is 2.52. The van der Waals surface area contributed by atoms with Gasteiger partial charge < -0.3 is 0 Å². The lowest BCUT2D eigenvalue weighted by atomic mass is 9.62. The van der Waals surface area contributed by atoms with E-state index in [1.165, 1.54) is 37.0 Å². The molecule has 0 radical (unpaired) electrons. The second-order valence-corrected chi connectivity index (χ2v) is 9.71. The van der Waals surface area contributed by atoms with Gasteiger partial charge in [-0.05, 0) is 78.7 Å². The van der Waals surface area contributed by atoms with Crippen molar-refractivity contribution in [2.24, 2.45) is 4.99 Å². The predicted octanol–water partition coefficient (Wildman–Crippen LogP) is 5.77. The molecular weight excluding hydrogens is 290 g/mol. The molecule has 1 atom stereocenters. The van der Waals surface area contributed by atoms with Gasteiger partial charge in [-0.25, -0.2) is 0 Å². The standard InChI is InChI=1S/C23H31N/c1-15-13-18-19(22(5,6)10-9-21(18,3)4)14-17(15)23(11-12-23)20-8-7-16(2)24-20/h7-8,13-14,20H,9-12H2,1-6H3. The van der Waals surface area contributed by atoms with E-state index in [-0.39, 0.29) is 10.8 Å². The Morgan fingerprint density at radius 2 is 1.42 bits per heavy atom. The van der Waals surface area contributed by atoms with Gasteiger partial charge in [-0.3, -0.25) is 4.99 Å². The van der Waals surface area contributed by atoms with E-state index in [0.29, 0.717) is 11.5 Å². The molecule has 1 aliphatic heterocycles. The van der Waals surface area contributed by atoms with Crippen molar-refractivity contribution in [2.75, 3.05) is 0 Å². The minimum atomic E-state index is 0.269. The Labute approximate surface area is 147 Å². The topological polar surface area (TPSA) is 12.4 Å². The Bertz CT molecular complexity index is 756. The van der Waals surface area contributed by atoms with E-state index in [1.807, 2.05) is 0 Å². The van der Waals surface area contributed by atoms with E-state index < -0.39 is 0 Å². The summed E-state index contributed by atoms with van der Waals surface area (Å²) in [5, 5.41) is 0. The fraction of sp³-hybridized carbons (Fsp3) is 0.609. The van der Waals surface area contributed by atoms with Crippen LogP contribution < -0.4 is 0 Å². The fourth-order valence-electron chi connectivity index (χ4n) is 4.96. The van der Waals surface area contributed by atoms with Crippen LogP contribution in [0.3, 0.4) is 0 Å². The van der Waals surface area contributed by atoms with Crippen LogP contribution in [0.2, 0.25) is 0 Å². The molecule has 0 N–H and O–H groups in total. The highest BCUT2D eigenvalue weighted by molar-refractivity contribution is 5.95. The summed E-state index contributed by atoms with van der Waals surface area (Å²) in [6.07, 6.45) is 9.65. The van der Waals surface area contributed by atoms with Gasteiger partial charge in [-0.1, -0.05) is 45.9 Å². The number of fused-ring (bicyclic) bond motifs is 1. The first-order chi connectivity index (χ1) is 11.2. The minimum Gasteiger partial charge on any atom is -0.282 e. The molecule has 1 fully saturated rings. The quantitative estimate of drug-likeness (QED) is 0.655. The lowest BCUT2D eigenvalue weighted by Gasteiger charge is -2.43. The van der Waals surface area contributed by atoms with Crippen molar-refractivity contribution in [1.29, 1.82) is 0 Å². The number of aryl methyl sites for hydroxylation is 1. The lowest BCUT2D eigenvalue weighted by Crippen LogP contribution is -2.35. The van der Waals surface area contributed by atoms with Gasteiger partial charge >= 0.3 is 0 Å². The summed E-state index contributed by atoms with van der Waals surface area (Å²) in [6, 6.07) is 5.45. The molecule has 24 heavy (non-hydrogen) atoms. The third kappa shape index (κ3) is 2.24. The smallest absolute Gasteiger partial charge is 0.0783 e. The van der Waals surface area contributed by atoms with Crippen LogP contribution in [0.25, 0.3) is 0 Å². The fourth-order valence-corrected chi connectivity index (χ4v) is 4.96. The lowest BCUT2D eigenvalue weighted by molar-refractivity contribution is 0.331. The van der Waals surface area contributed by atoms with Crippen molar-refractivity contribution in [2.45, 2.75) is 89.5 Å². The van der Waals surface area contributed by atoms with Crippen molar-refractivity contribution in [1.82, 2.24) is 0 Å². The van der Waals surface area contributed by atoms with Gasteiger partial charge in [0.2, 0.25) is 0 Å². The number of hydrogen-bond acceptors (Lipinski definition) is 1. The first-order valence-corrected chi connectivity index (χ1v) is 9.54. The summed E-state index contributed by atoms with van der Waals surface area (Å²) in [7, 11) is 0. The Morgan fingerprint density at radius 3 is 1.92 bits per heavy atom. The second-order valence-electron chi connectivity index (χ2n) is 9.71. The molecule has 1 saturated carbocycles. The zero-order chi connectivity index (χ0) is 17.3. The molecule has 0 bridgehead atoms. The van der Waals surface area contributed by atoms with Crippen molar-refractivity contribution in [3.05, 3.63) is 46.5 Å². The molecule has 1 aromatic carbocycles. The van der Waals surface area contributed by atoms with Gasteiger partial charge in [0.1, 0.15) is 0 Å². The third-order valence-corrected chi connectivity index (χ3v) is 6.95. The summed E-state index contributed by atoms with van der Waals surface area (Å²) in [5.74, 6) is 0. The maximum atomic E-state index is 4.92. The van der Waals surface area contributed by atoms with Gasteiger partial charge in [0, 0.05) is 11.1 Å². The van der Waals surface area contributed by atoms with E-state index in [0.717, 1.165) is 0 Å². The largest absolute Gasteiger partial charge is 0.282 e. The van der Waals surface area contributed by atoms with Crippen LogP contribution in [0.1, 0.15) is 82.6 Å². The van der Waals surface area contributed by atoms with E-state index in [1.54, 1.807) is 16.7 Å². The first-order valence-electron chi connectivity index (χ1n) is 9.54. The number of rotatable bonds is 2. The molecule has 0 spiro atoms. The van der Waals surface area contributed by atoms with E-state index in [9.17, 15) is 0 Å². The Morgan fingerprint density at radius 1 is 0.833 bits per heavy atom. The molecule has 4 rings (SSSR count). The van der Waals surface area contributed by atoms with Gasteiger partial charge in [0.15, 0.2) is 0 Å². The molecule has 1 heteroatoms. The summed E-state index contributed by atoms with van der Waals surface area (Å²) in [6.45, 7) is 14.1. The molecule has 3 aliphatic rings. The average Bonchev–Trinajstić information content (AvgIpc) is 3.19. The molecule has 1 aromatic rings. The number of aliphatic imine (C=N–C) groups is 1. The predicted molar refractivity (Wildman–Crippen MR) is 103 cm³/mol. The Balaban J connectivity index is 1.86. The van der Waals surface area contributed by atoms with Crippen LogP contribution in [-0.4, -0.2) is 11.8 Å².